The molecule has 0 saturated carbocycles. The van der Waals surface area contributed by atoms with Crippen LogP contribution in [0, 0.1) is 0 Å². The summed E-state index contributed by atoms with van der Waals surface area (Å²) in [6.07, 6.45) is -0.122. The van der Waals surface area contributed by atoms with E-state index in [1.807, 2.05) is 6.07 Å². The zero-order valence-corrected chi connectivity index (χ0v) is 22.7. The van der Waals surface area contributed by atoms with E-state index in [2.05, 4.69) is 10.3 Å². The lowest BCUT2D eigenvalue weighted by atomic mass is 10.1. The maximum atomic E-state index is 13.5. The fraction of sp³-hybridized carbons (Fsp3) is 0.207. The predicted molar refractivity (Wildman–Crippen MR) is 151 cm³/mol. The summed E-state index contributed by atoms with van der Waals surface area (Å²) in [5, 5.41) is 11.4. The molecule has 2 N–H and O–H groups in total. The summed E-state index contributed by atoms with van der Waals surface area (Å²) < 4.78 is 15.9. The summed E-state index contributed by atoms with van der Waals surface area (Å²) in [6.45, 7) is 2.31. The number of amides is 2. The van der Waals surface area contributed by atoms with Crippen molar-refractivity contribution >= 4 is 52.1 Å². The van der Waals surface area contributed by atoms with E-state index in [1.54, 1.807) is 43.3 Å². The Labute approximate surface area is 239 Å². The first-order valence-corrected chi connectivity index (χ1v) is 13.5. The van der Waals surface area contributed by atoms with Gasteiger partial charge in [0.15, 0.2) is 16.7 Å². The number of anilines is 1. The number of nitrogens with one attached hydrogen (secondary N) is 1. The van der Waals surface area contributed by atoms with Gasteiger partial charge in [-0.05, 0) is 73.2 Å². The Balaban J connectivity index is 1.35. The third-order valence-corrected chi connectivity index (χ3v) is 7.36. The van der Waals surface area contributed by atoms with Crippen LogP contribution in [-0.4, -0.2) is 57.6 Å². The third-order valence-electron chi connectivity index (χ3n) is 6.19. The van der Waals surface area contributed by atoms with Crippen molar-refractivity contribution in [2.24, 2.45) is 4.99 Å². The molecule has 11 nitrogen and oxygen atoms in total. The molecule has 0 spiro atoms. The Morgan fingerprint density at radius 2 is 1.73 bits per heavy atom. The molecule has 5 rings (SSSR count). The number of esters is 1. The van der Waals surface area contributed by atoms with Crippen LogP contribution in [0.3, 0.4) is 0 Å². The average Bonchev–Trinajstić information content (AvgIpc) is 3.54. The summed E-state index contributed by atoms with van der Waals surface area (Å²) in [7, 11) is 0. The summed E-state index contributed by atoms with van der Waals surface area (Å²) in [5.74, 6) is -0.990. The molecule has 3 aromatic carbocycles. The topological polar surface area (TPSA) is 144 Å². The van der Waals surface area contributed by atoms with Gasteiger partial charge in [0.2, 0.25) is 18.6 Å². The molecule has 2 aliphatic heterocycles. The molecule has 2 amide bonds. The van der Waals surface area contributed by atoms with E-state index in [9.17, 15) is 19.2 Å². The fourth-order valence-corrected chi connectivity index (χ4v) is 5.32. The standard InChI is InChI=1S/C29H25N3O8S/c1-2-38-28(37)19-6-10-21(11-7-19)31-29-32(15-17-3-12-22-23(13-17)40-16-39-22)26(34)24(41-29)14-25(33)30-20-8-4-18(5-9-20)27(35)36/h3-13,24H,2,14-16H2,1H3,(H,30,33)(H,35,36)/t24-/m1/s1. The molecule has 3 aromatic rings. The Bertz CT molecular complexity index is 1520. The van der Waals surface area contributed by atoms with Gasteiger partial charge < -0.3 is 24.6 Å². The molecule has 2 heterocycles. The zero-order chi connectivity index (χ0) is 28.9. The number of carboxylic acids is 1. The lowest BCUT2D eigenvalue weighted by molar-refractivity contribution is -0.128. The van der Waals surface area contributed by atoms with Crippen LogP contribution in [0.25, 0.3) is 0 Å². The van der Waals surface area contributed by atoms with Gasteiger partial charge in [-0.15, -0.1) is 0 Å². The van der Waals surface area contributed by atoms with E-state index in [1.165, 1.54) is 40.9 Å². The van der Waals surface area contributed by atoms with Crippen LogP contribution >= 0.6 is 11.8 Å². The van der Waals surface area contributed by atoms with E-state index in [-0.39, 0.29) is 37.8 Å². The Morgan fingerprint density at radius 1 is 1.02 bits per heavy atom. The van der Waals surface area contributed by atoms with Crippen molar-refractivity contribution in [2.45, 2.75) is 25.1 Å². The number of thioether (sulfide) groups is 1. The number of nitrogens with zero attached hydrogens (tertiary/aromatic N) is 2. The molecular formula is C29H25N3O8S. The number of aromatic carboxylic acids is 1. The number of carbonyl (C=O) groups is 4. The smallest absolute Gasteiger partial charge is 0.338 e. The highest BCUT2D eigenvalue weighted by atomic mass is 32.2. The van der Waals surface area contributed by atoms with Gasteiger partial charge in [0, 0.05) is 12.1 Å². The van der Waals surface area contributed by atoms with Crippen molar-refractivity contribution in [3.8, 4) is 11.5 Å². The van der Waals surface area contributed by atoms with Crippen molar-refractivity contribution in [1.29, 1.82) is 0 Å². The number of carboxylic acid groups (broad SMARTS) is 1. The van der Waals surface area contributed by atoms with Gasteiger partial charge in [0.25, 0.3) is 0 Å². The molecule has 41 heavy (non-hydrogen) atoms. The number of ether oxygens (including phenoxy) is 3. The summed E-state index contributed by atoms with van der Waals surface area (Å²) in [4.78, 5) is 55.6. The number of hydrogen-bond donors (Lipinski definition) is 2. The summed E-state index contributed by atoms with van der Waals surface area (Å²) >= 11 is 1.17. The number of carbonyl (C=O) groups excluding carboxylic acids is 3. The first kappa shape index (κ1) is 27.7. The normalized spacial score (nSPS) is 16.6. The van der Waals surface area contributed by atoms with Gasteiger partial charge in [-0.3, -0.25) is 14.5 Å². The molecule has 0 aliphatic carbocycles. The molecule has 2 aliphatic rings. The van der Waals surface area contributed by atoms with Crippen molar-refractivity contribution in [3.05, 3.63) is 83.4 Å². The van der Waals surface area contributed by atoms with Crippen LogP contribution in [0.15, 0.2) is 71.7 Å². The average molecular weight is 576 g/mol. The lowest BCUT2D eigenvalue weighted by Gasteiger charge is -2.17. The van der Waals surface area contributed by atoms with E-state index in [0.29, 0.717) is 33.6 Å². The third kappa shape index (κ3) is 6.49. The molecular weight excluding hydrogens is 550 g/mol. The molecule has 0 bridgehead atoms. The van der Waals surface area contributed by atoms with Gasteiger partial charge in [-0.1, -0.05) is 17.8 Å². The maximum Gasteiger partial charge on any atom is 0.338 e. The number of amidine groups is 1. The highest BCUT2D eigenvalue weighted by Crippen LogP contribution is 2.36. The number of rotatable bonds is 9. The second-order valence-electron chi connectivity index (χ2n) is 9.02. The number of fused-ring (bicyclic) bond motifs is 1. The Morgan fingerprint density at radius 3 is 2.44 bits per heavy atom. The second-order valence-corrected chi connectivity index (χ2v) is 10.2. The maximum absolute atomic E-state index is 13.5. The van der Waals surface area contributed by atoms with E-state index in [0.717, 1.165) is 5.56 Å². The van der Waals surface area contributed by atoms with Crippen molar-refractivity contribution < 1.29 is 38.5 Å². The van der Waals surface area contributed by atoms with Gasteiger partial charge in [-0.2, -0.15) is 0 Å². The monoisotopic (exact) mass is 575 g/mol. The first-order valence-electron chi connectivity index (χ1n) is 12.7. The van der Waals surface area contributed by atoms with E-state index in [4.69, 9.17) is 19.3 Å². The molecule has 0 radical (unpaired) electrons. The Kier molecular flexibility index (Phi) is 8.20. The highest BCUT2D eigenvalue weighted by molar-refractivity contribution is 8.15. The van der Waals surface area contributed by atoms with Crippen LogP contribution in [0.1, 0.15) is 39.6 Å². The molecule has 210 valence electrons. The van der Waals surface area contributed by atoms with Crippen molar-refractivity contribution in [2.75, 3.05) is 18.7 Å². The first-order chi connectivity index (χ1) is 19.8. The second kappa shape index (κ2) is 12.1. The number of benzene rings is 3. The van der Waals surface area contributed by atoms with E-state index < -0.39 is 23.1 Å². The lowest BCUT2D eigenvalue weighted by Crippen LogP contribution is -2.33. The fourth-order valence-electron chi connectivity index (χ4n) is 4.17. The van der Waals surface area contributed by atoms with Crippen LogP contribution in [-0.2, 0) is 20.9 Å². The van der Waals surface area contributed by atoms with Gasteiger partial charge in [0.05, 0.1) is 30.0 Å². The van der Waals surface area contributed by atoms with Crippen LogP contribution in [0.2, 0.25) is 0 Å². The SMILES string of the molecule is CCOC(=O)c1ccc(N=C2S[C@H](CC(=O)Nc3ccc(C(=O)O)cc3)C(=O)N2Cc2ccc3c(c2)OCO3)cc1. The van der Waals surface area contributed by atoms with Gasteiger partial charge >= 0.3 is 11.9 Å². The number of aliphatic imine (C=N–C) groups is 1. The molecule has 1 fully saturated rings. The van der Waals surface area contributed by atoms with Gasteiger partial charge in [-0.25, -0.2) is 14.6 Å². The highest BCUT2D eigenvalue weighted by Gasteiger charge is 2.39. The van der Waals surface area contributed by atoms with Crippen molar-refractivity contribution in [3.63, 3.8) is 0 Å². The van der Waals surface area contributed by atoms with Crippen molar-refractivity contribution in [1.82, 2.24) is 4.90 Å². The zero-order valence-electron chi connectivity index (χ0n) is 21.9. The molecule has 1 saturated heterocycles. The van der Waals surface area contributed by atoms with Crippen LogP contribution in [0.5, 0.6) is 11.5 Å². The molecule has 1 atom stereocenters. The summed E-state index contributed by atoms with van der Waals surface area (Å²) in [6, 6.07) is 17.7. The molecule has 0 aromatic heterocycles. The quantitative estimate of drug-likeness (QED) is 0.354. The molecule has 12 heteroatoms. The largest absolute Gasteiger partial charge is 0.478 e. The minimum atomic E-state index is -1.07. The van der Waals surface area contributed by atoms with Crippen LogP contribution < -0.4 is 14.8 Å². The summed E-state index contributed by atoms with van der Waals surface area (Å²) in [5.41, 5.74) is 2.21. The van der Waals surface area contributed by atoms with E-state index >= 15 is 0 Å². The number of hydrogen-bond acceptors (Lipinski definition) is 9. The molecule has 0 unspecified atom stereocenters. The van der Waals surface area contributed by atoms with Crippen LogP contribution in [0.4, 0.5) is 11.4 Å². The van der Waals surface area contributed by atoms with Gasteiger partial charge in [0.1, 0.15) is 5.25 Å². The predicted octanol–water partition coefficient (Wildman–Crippen LogP) is 4.45. The minimum Gasteiger partial charge on any atom is -0.478 e. The Hall–Kier alpha value is -4.84. The minimum absolute atomic E-state index is 0.0971.